The lowest BCUT2D eigenvalue weighted by Gasteiger charge is -2.40. The Labute approximate surface area is 350 Å². The molecule has 0 aromatic heterocycles. The lowest BCUT2D eigenvalue weighted by Crippen LogP contribution is -2.60. The summed E-state index contributed by atoms with van der Waals surface area (Å²) < 4.78 is 53.9. The number of rotatable bonds is 36. The second-order valence-corrected chi connectivity index (χ2v) is 16.9. The van der Waals surface area contributed by atoms with Crippen molar-refractivity contribution in [2.75, 3.05) is 19.0 Å². The molecule has 336 valence electrons. The van der Waals surface area contributed by atoms with Crippen LogP contribution in [0, 0.1) is 0 Å². The van der Waals surface area contributed by atoms with Crippen LogP contribution in [0.15, 0.2) is 48.6 Å². The predicted molar refractivity (Wildman–Crippen MR) is 229 cm³/mol. The summed E-state index contributed by atoms with van der Waals surface area (Å²) in [6.07, 6.45) is 31.7. The van der Waals surface area contributed by atoms with Crippen LogP contribution in [0.25, 0.3) is 0 Å². The Morgan fingerprint density at radius 3 is 1.52 bits per heavy atom. The van der Waals surface area contributed by atoms with Crippen molar-refractivity contribution in [3.63, 3.8) is 0 Å². The van der Waals surface area contributed by atoms with Crippen molar-refractivity contribution in [3.05, 3.63) is 48.6 Å². The summed E-state index contributed by atoms with van der Waals surface area (Å²) in [5.74, 6) is -2.07. The van der Waals surface area contributed by atoms with Gasteiger partial charge in [-0.05, 0) is 77.0 Å². The Morgan fingerprint density at radius 1 is 0.586 bits per heavy atom. The predicted octanol–water partition coefficient (Wildman–Crippen LogP) is 8.78. The van der Waals surface area contributed by atoms with E-state index in [1.165, 1.54) is 77.0 Å². The average molecular weight is 843 g/mol. The van der Waals surface area contributed by atoms with Crippen LogP contribution >= 0.6 is 0 Å². The molecule has 0 radical (unpaired) electrons. The minimum atomic E-state index is -4.61. The lowest BCUT2D eigenvalue weighted by atomic mass is 10.00. The molecule has 0 amide bonds. The second kappa shape index (κ2) is 35.4. The summed E-state index contributed by atoms with van der Waals surface area (Å²) in [5.41, 5.74) is 0. The Hall–Kier alpha value is -2.39. The maximum Gasteiger partial charge on any atom is 0.306 e. The van der Waals surface area contributed by atoms with Gasteiger partial charge >= 0.3 is 11.9 Å². The van der Waals surface area contributed by atoms with E-state index < -0.39 is 71.2 Å². The van der Waals surface area contributed by atoms with Crippen molar-refractivity contribution >= 4 is 22.1 Å². The zero-order chi connectivity index (χ0) is 42.7. The van der Waals surface area contributed by atoms with Gasteiger partial charge < -0.3 is 34.3 Å². The lowest BCUT2D eigenvalue weighted by molar-refractivity contribution is -0.297. The number of hydrogen-bond donors (Lipinski definition) is 4. The normalized spacial score (nSPS) is 20.8. The van der Waals surface area contributed by atoms with Crippen LogP contribution < -0.4 is 0 Å². The Bertz CT molecular complexity index is 1260. The molecule has 58 heavy (non-hydrogen) atoms. The molecular weight excluding hydrogens is 765 g/mol. The third-order valence-electron chi connectivity index (χ3n) is 9.88. The molecule has 1 rings (SSSR count). The van der Waals surface area contributed by atoms with Gasteiger partial charge in [-0.25, -0.2) is 0 Å². The molecule has 0 aliphatic carbocycles. The van der Waals surface area contributed by atoms with E-state index in [2.05, 4.69) is 62.5 Å². The van der Waals surface area contributed by atoms with Crippen LogP contribution in [0.1, 0.15) is 168 Å². The zero-order valence-corrected chi connectivity index (χ0v) is 36.5. The highest BCUT2D eigenvalue weighted by atomic mass is 32.2. The van der Waals surface area contributed by atoms with E-state index in [-0.39, 0.29) is 19.4 Å². The number of unbranched alkanes of at least 4 members (excludes halogenated alkanes) is 16. The molecule has 0 aromatic rings. The fourth-order valence-electron chi connectivity index (χ4n) is 6.38. The maximum atomic E-state index is 12.8. The molecular formula is C45H78O12S. The second-order valence-electron chi connectivity index (χ2n) is 15.4. The Morgan fingerprint density at radius 2 is 1.03 bits per heavy atom. The number of aliphatic hydroxyl groups is 3. The summed E-state index contributed by atoms with van der Waals surface area (Å²) in [5, 5.41) is 30.8. The number of carbonyl (C=O) groups excluding carboxylic acids is 2. The molecule has 1 aliphatic rings. The van der Waals surface area contributed by atoms with E-state index >= 15 is 0 Å². The van der Waals surface area contributed by atoms with E-state index in [0.29, 0.717) is 12.8 Å². The molecule has 2 unspecified atom stereocenters. The van der Waals surface area contributed by atoms with Crippen LogP contribution in [0.3, 0.4) is 0 Å². The molecule has 1 aliphatic heterocycles. The van der Waals surface area contributed by atoms with Gasteiger partial charge in [-0.3, -0.25) is 14.1 Å². The third-order valence-corrected chi connectivity index (χ3v) is 10.6. The summed E-state index contributed by atoms with van der Waals surface area (Å²) in [6.45, 7) is 3.68. The average Bonchev–Trinajstić information content (AvgIpc) is 3.18. The van der Waals surface area contributed by atoms with Crippen molar-refractivity contribution in [1.29, 1.82) is 0 Å². The van der Waals surface area contributed by atoms with Crippen molar-refractivity contribution in [2.45, 2.75) is 205 Å². The van der Waals surface area contributed by atoms with Crippen molar-refractivity contribution in [1.82, 2.24) is 0 Å². The summed E-state index contributed by atoms with van der Waals surface area (Å²) in [7, 11) is -4.61. The van der Waals surface area contributed by atoms with Gasteiger partial charge in [-0.15, -0.1) is 0 Å². The fourth-order valence-corrected chi connectivity index (χ4v) is 7.07. The molecule has 0 spiro atoms. The van der Waals surface area contributed by atoms with Crippen LogP contribution in [-0.4, -0.2) is 96.0 Å². The van der Waals surface area contributed by atoms with Crippen molar-refractivity contribution in [2.24, 2.45) is 0 Å². The van der Waals surface area contributed by atoms with E-state index in [9.17, 15) is 37.9 Å². The maximum absolute atomic E-state index is 12.8. The third kappa shape index (κ3) is 29.8. The highest BCUT2D eigenvalue weighted by molar-refractivity contribution is 7.85. The van der Waals surface area contributed by atoms with Crippen LogP contribution in [-0.2, 0) is 38.7 Å². The molecule has 12 nitrogen and oxygen atoms in total. The van der Waals surface area contributed by atoms with Gasteiger partial charge in [0.05, 0.1) is 6.61 Å². The molecule has 0 aromatic carbocycles. The minimum Gasteiger partial charge on any atom is -0.462 e. The smallest absolute Gasteiger partial charge is 0.306 e. The van der Waals surface area contributed by atoms with Gasteiger partial charge in [0.25, 0.3) is 10.1 Å². The van der Waals surface area contributed by atoms with Gasteiger partial charge in [0, 0.05) is 12.8 Å². The SMILES string of the molecule is CCCCCCCC/C=C/C/C=C/CCCCC(=O)OC[C@H](CO[C@H]1O[C@H](CS(=O)(=O)O)[C@@H](O)C(O)C1O)OC(=O)CCCC/C=C/C/C=C/CCCCCCCC. The van der Waals surface area contributed by atoms with Crippen LogP contribution in [0.4, 0.5) is 0 Å². The summed E-state index contributed by atoms with van der Waals surface area (Å²) in [4.78, 5) is 25.3. The van der Waals surface area contributed by atoms with Gasteiger partial charge in [-0.1, -0.05) is 127 Å². The number of carbonyl (C=O) groups is 2. The molecule has 1 heterocycles. The van der Waals surface area contributed by atoms with E-state index in [1.807, 2.05) is 0 Å². The first-order valence-corrected chi connectivity index (χ1v) is 23.8. The largest absolute Gasteiger partial charge is 0.462 e. The molecule has 1 fully saturated rings. The standard InChI is InChI=1S/C45H78O12S/c1-3-5-7-9-11-13-15-17-19-21-23-25-27-29-31-33-40(46)54-35-38(36-55-45-44(50)43(49)42(48)39(57-45)37-58(51,52)53)56-41(47)34-32-30-28-26-24-22-20-18-16-14-12-10-8-6-4-2/h17-20,23-26,38-39,42-45,48-50H,3-16,21-22,27-37H2,1-2H3,(H,51,52,53)/b19-17+,20-18+,25-23+,26-24+/t38-,39-,42-,43?,44?,45+/m1/s1. The molecule has 0 saturated carbocycles. The quantitative estimate of drug-likeness (QED) is 0.0204. The topological polar surface area (TPSA) is 186 Å². The summed E-state index contributed by atoms with van der Waals surface area (Å²) in [6, 6.07) is 0. The fraction of sp³-hybridized carbons (Fsp3) is 0.778. The molecule has 0 bridgehead atoms. The first kappa shape index (κ1) is 53.6. The molecule has 13 heteroatoms. The summed E-state index contributed by atoms with van der Waals surface area (Å²) >= 11 is 0. The van der Waals surface area contributed by atoms with Gasteiger partial charge in [0.2, 0.25) is 0 Å². The van der Waals surface area contributed by atoms with Gasteiger partial charge in [0.1, 0.15) is 36.8 Å². The molecule has 4 N–H and O–H groups in total. The van der Waals surface area contributed by atoms with Crippen molar-refractivity contribution in [3.8, 4) is 0 Å². The number of allylic oxidation sites excluding steroid dienone is 8. The number of ether oxygens (including phenoxy) is 4. The first-order valence-electron chi connectivity index (χ1n) is 22.2. The van der Waals surface area contributed by atoms with E-state index in [4.69, 9.17) is 18.9 Å². The van der Waals surface area contributed by atoms with Crippen molar-refractivity contribution < 1.29 is 56.8 Å². The Balaban J connectivity index is 2.52. The van der Waals surface area contributed by atoms with Crippen LogP contribution in [0.2, 0.25) is 0 Å². The van der Waals surface area contributed by atoms with E-state index in [0.717, 1.165) is 51.4 Å². The number of aliphatic hydroxyl groups excluding tert-OH is 3. The minimum absolute atomic E-state index is 0.114. The number of hydrogen-bond acceptors (Lipinski definition) is 11. The van der Waals surface area contributed by atoms with Gasteiger partial charge in [0.15, 0.2) is 12.4 Å². The number of esters is 2. The molecule has 6 atom stereocenters. The van der Waals surface area contributed by atoms with E-state index in [1.54, 1.807) is 0 Å². The monoisotopic (exact) mass is 843 g/mol. The van der Waals surface area contributed by atoms with Crippen LogP contribution in [0.5, 0.6) is 0 Å². The Kier molecular flexibility index (Phi) is 32.7. The first-order chi connectivity index (χ1) is 28.0. The highest BCUT2D eigenvalue weighted by Gasteiger charge is 2.46. The highest BCUT2D eigenvalue weighted by Crippen LogP contribution is 2.24. The molecule has 1 saturated heterocycles. The van der Waals surface area contributed by atoms with Gasteiger partial charge in [-0.2, -0.15) is 8.42 Å². The zero-order valence-electron chi connectivity index (χ0n) is 35.6.